The molecule has 2 aromatic carbocycles. The number of rotatable bonds is 4. The Morgan fingerprint density at radius 3 is 2.60 bits per heavy atom. The molecule has 0 bridgehead atoms. The zero-order chi connectivity index (χ0) is 17.6. The molecular weight excluding hydrogens is 314 g/mol. The summed E-state index contributed by atoms with van der Waals surface area (Å²) in [5.74, 6) is 2.40. The van der Waals surface area contributed by atoms with Crippen LogP contribution in [0.1, 0.15) is 16.7 Å². The number of para-hydroxylation sites is 1. The van der Waals surface area contributed by atoms with E-state index in [2.05, 4.69) is 39.5 Å². The molecule has 1 aliphatic rings. The Kier molecular flexibility index (Phi) is 5.43. The second kappa shape index (κ2) is 7.92. The van der Waals surface area contributed by atoms with Crippen LogP contribution in [0.15, 0.2) is 47.5 Å². The first-order valence-corrected chi connectivity index (χ1v) is 8.49. The fraction of sp³-hybridized carbons (Fsp3) is 0.350. The first-order valence-electron chi connectivity index (χ1n) is 8.49. The van der Waals surface area contributed by atoms with E-state index in [-0.39, 0.29) is 0 Å². The van der Waals surface area contributed by atoms with Gasteiger partial charge in [0.15, 0.2) is 17.5 Å². The monoisotopic (exact) mass is 339 g/mol. The van der Waals surface area contributed by atoms with Crippen molar-refractivity contribution in [2.75, 3.05) is 27.8 Å². The molecule has 0 fully saturated rings. The maximum atomic E-state index is 5.51. The van der Waals surface area contributed by atoms with Crippen molar-refractivity contribution in [1.29, 1.82) is 0 Å². The molecule has 132 valence electrons. The summed E-state index contributed by atoms with van der Waals surface area (Å²) in [6.07, 6.45) is 1.04. The first-order chi connectivity index (χ1) is 12.3. The van der Waals surface area contributed by atoms with Crippen LogP contribution in [0.4, 0.5) is 0 Å². The molecule has 0 amide bonds. The molecule has 0 saturated heterocycles. The molecule has 0 aliphatic carbocycles. The van der Waals surface area contributed by atoms with Crippen LogP contribution in [-0.4, -0.2) is 38.7 Å². The van der Waals surface area contributed by atoms with Crippen LogP contribution in [-0.2, 0) is 19.5 Å². The summed E-state index contributed by atoms with van der Waals surface area (Å²) >= 11 is 0. The number of guanidine groups is 1. The average Bonchev–Trinajstić information content (AvgIpc) is 2.67. The fourth-order valence-electron chi connectivity index (χ4n) is 3.28. The number of hydrogen-bond donors (Lipinski definition) is 1. The van der Waals surface area contributed by atoms with Crippen molar-refractivity contribution in [3.63, 3.8) is 0 Å². The van der Waals surface area contributed by atoms with Crippen LogP contribution in [0.25, 0.3) is 0 Å². The van der Waals surface area contributed by atoms with Gasteiger partial charge in [0, 0.05) is 32.2 Å². The minimum absolute atomic E-state index is 0.630. The zero-order valence-electron chi connectivity index (χ0n) is 15.1. The van der Waals surface area contributed by atoms with E-state index < -0.39 is 0 Å². The predicted molar refractivity (Wildman–Crippen MR) is 100 cm³/mol. The number of nitrogens with zero attached hydrogens (tertiary/aromatic N) is 2. The minimum atomic E-state index is 0.630. The van der Waals surface area contributed by atoms with Crippen LogP contribution in [0, 0.1) is 0 Å². The quantitative estimate of drug-likeness (QED) is 0.687. The molecule has 1 N–H and O–H groups in total. The lowest BCUT2D eigenvalue weighted by Gasteiger charge is -2.31. The van der Waals surface area contributed by atoms with Crippen LogP contribution in [0.2, 0.25) is 0 Å². The van der Waals surface area contributed by atoms with Crippen molar-refractivity contribution in [2.24, 2.45) is 4.99 Å². The lowest BCUT2D eigenvalue weighted by molar-refractivity contribution is 0.350. The van der Waals surface area contributed by atoms with Crippen molar-refractivity contribution < 1.29 is 9.47 Å². The van der Waals surface area contributed by atoms with Crippen LogP contribution in [0.5, 0.6) is 11.5 Å². The van der Waals surface area contributed by atoms with Gasteiger partial charge >= 0.3 is 0 Å². The number of methoxy groups -OCH3 is 2. The van der Waals surface area contributed by atoms with Gasteiger partial charge < -0.3 is 19.7 Å². The van der Waals surface area contributed by atoms with Crippen molar-refractivity contribution in [3.05, 3.63) is 59.2 Å². The normalized spacial score (nSPS) is 14.0. The number of benzene rings is 2. The lowest BCUT2D eigenvalue weighted by atomic mass is 10.0. The van der Waals surface area contributed by atoms with Crippen molar-refractivity contribution >= 4 is 5.96 Å². The van der Waals surface area contributed by atoms with Gasteiger partial charge in [-0.15, -0.1) is 0 Å². The molecular formula is C20H25N3O2. The lowest BCUT2D eigenvalue weighted by Crippen LogP contribution is -2.43. The maximum absolute atomic E-state index is 5.51. The van der Waals surface area contributed by atoms with E-state index in [4.69, 9.17) is 9.47 Å². The molecule has 0 saturated carbocycles. The van der Waals surface area contributed by atoms with Gasteiger partial charge in [-0.2, -0.15) is 0 Å². The van der Waals surface area contributed by atoms with Crippen LogP contribution < -0.4 is 14.8 Å². The van der Waals surface area contributed by atoms with E-state index in [0.717, 1.165) is 42.5 Å². The average molecular weight is 339 g/mol. The Bertz CT molecular complexity index is 758. The first kappa shape index (κ1) is 17.1. The number of aliphatic imine (C=N–C) groups is 1. The summed E-state index contributed by atoms with van der Waals surface area (Å²) in [6.45, 7) is 2.47. The number of hydrogen-bond acceptors (Lipinski definition) is 3. The molecule has 1 aliphatic heterocycles. The van der Waals surface area contributed by atoms with Gasteiger partial charge in [-0.3, -0.25) is 4.99 Å². The highest BCUT2D eigenvalue weighted by Crippen LogP contribution is 2.30. The molecule has 25 heavy (non-hydrogen) atoms. The standard InChI is InChI=1S/C20H25N3O2/c1-21-20(23-12-11-15-7-4-5-8-17(15)14-23)22-13-16-9-6-10-18(24-2)19(16)25-3/h4-10H,11-14H2,1-3H3,(H,21,22). The summed E-state index contributed by atoms with van der Waals surface area (Å²) in [4.78, 5) is 6.74. The molecule has 2 aromatic rings. The summed E-state index contributed by atoms with van der Waals surface area (Å²) in [5, 5.41) is 3.45. The van der Waals surface area contributed by atoms with Gasteiger partial charge in [-0.1, -0.05) is 36.4 Å². The van der Waals surface area contributed by atoms with E-state index in [1.165, 1.54) is 11.1 Å². The number of ether oxygens (including phenoxy) is 2. The topological polar surface area (TPSA) is 46.1 Å². The third kappa shape index (κ3) is 3.71. The Morgan fingerprint density at radius 2 is 1.88 bits per heavy atom. The Hall–Kier alpha value is -2.69. The highest BCUT2D eigenvalue weighted by Gasteiger charge is 2.19. The molecule has 0 aromatic heterocycles. The Morgan fingerprint density at radius 1 is 1.08 bits per heavy atom. The maximum Gasteiger partial charge on any atom is 0.194 e. The van der Waals surface area contributed by atoms with Gasteiger partial charge in [0.25, 0.3) is 0 Å². The van der Waals surface area contributed by atoms with Gasteiger partial charge in [0.2, 0.25) is 0 Å². The molecule has 5 heteroatoms. The van der Waals surface area contributed by atoms with E-state index in [0.29, 0.717) is 6.54 Å². The largest absolute Gasteiger partial charge is 0.493 e. The second-order valence-electron chi connectivity index (χ2n) is 5.99. The molecule has 0 unspecified atom stereocenters. The van der Waals surface area contributed by atoms with E-state index in [1.54, 1.807) is 14.2 Å². The molecule has 5 nitrogen and oxygen atoms in total. The summed E-state index contributed by atoms with van der Waals surface area (Å²) < 4.78 is 10.9. The van der Waals surface area contributed by atoms with Gasteiger partial charge in [0.1, 0.15) is 0 Å². The summed E-state index contributed by atoms with van der Waals surface area (Å²) in [6, 6.07) is 14.5. The Balaban J connectivity index is 1.70. The zero-order valence-corrected chi connectivity index (χ0v) is 15.1. The van der Waals surface area contributed by atoms with E-state index >= 15 is 0 Å². The third-order valence-corrected chi connectivity index (χ3v) is 4.56. The number of nitrogens with one attached hydrogen (secondary N) is 1. The van der Waals surface area contributed by atoms with Crippen molar-refractivity contribution in [1.82, 2.24) is 10.2 Å². The smallest absolute Gasteiger partial charge is 0.194 e. The third-order valence-electron chi connectivity index (χ3n) is 4.56. The van der Waals surface area contributed by atoms with E-state index in [1.807, 2.05) is 25.2 Å². The molecule has 0 radical (unpaired) electrons. The Labute approximate surface area is 149 Å². The highest BCUT2D eigenvalue weighted by atomic mass is 16.5. The molecule has 0 atom stereocenters. The molecule has 0 spiro atoms. The minimum Gasteiger partial charge on any atom is -0.493 e. The van der Waals surface area contributed by atoms with Crippen LogP contribution >= 0.6 is 0 Å². The van der Waals surface area contributed by atoms with Gasteiger partial charge in [-0.05, 0) is 23.6 Å². The summed E-state index contributed by atoms with van der Waals surface area (Å²) in [5.41, 5.74) is 3.85. The highest BCUT2D eigenvalue weighted by molar-refractivity contribution is 5.80. The SMILES string of the molecule is CN=C(NCc1cccc(OC)c1OC)N1CCc2ccccc2C1. The summed E-state index contributed by atoms with van der Waals surface area (Å²) in [7, 11) is 5.14. The molecule has 1 heterocycles. The fourth-order valence-corrected chi connectivity index (χ4v) is 3.28. The van der Waals surface area contributed by atoms with Gasteiger partial charge in [0.05, 0.1) is 14.2 Å². The van der Waals surface area contributed by atoms with Crippen molar-refractivity contribution in [2.45, 2.75) is 19.5 Å². The second-order valence-corrected chi connectivity index (χ2v) is 5.99. The van der Waals surface area contributed by atoms with Gasteiger partial charge in [-0.25, -0.2) is 0 Å². The van der Waals surface area contributed by atoms with E-state index in [9.17, 15) is 0 Å². The number of fused-ring (bicyclic) bond motifs is 1. The van der Waals surface area contributed by atoms with Crippen LogP contribution in [0.3, 0.4) is 0 Å². The van der Waals surface area contributed by atoms with Crippen molar-refractivity contribution in [3.8, 4) is 11.5 Å². The molecule has 3 rings (SSSR count). The predicted octanol–water partition coefficient (Wildman–Crippen LogP) is 2.84.